The molecular weight excluding hydrogens is 338 g/mol. The van der Waals surface area contributed by atoms with Crippen molar-refractivity contribution in [3.05, 3.63) is 77.4 Å². The van der Waals surface area contributed by atoms with Crippen LogP contribution in [0.15, 0.2) is 66.9 Å². The highest BCUT2D eigenvalue weighted by atomic mass is 35.5. The fourth-order valence-electron chi connectivity index (χ4n) is 2.19. The molecule has 0 atom stereocenters. The van der Waals surface area contributed by atoms with Gasteiger partial charge in [0, 0.05) is 5.56 Å². The number of anilines is 3. The Kier molecular flexibility index (Phi) is 5.16. The van der Waals surface area contributed by atoms with Gasteiger partial charge in [-0.2, -0.15) is 0 Å². The summed E-state index contributed by atoms with van der Waals surface area (Å²) in [5.41, 5.74) is 2.09. The van der Waals surface area contributed by atoms with Gasteiger partial charge in [0.2, 0.25) is 0 Å². The van der Waals surface area contributed by atoms with E-state index in [0.717, 1.165) is 11.4 Å². The summed E-state index contributed by atoms with van der Waals surface area (Å²) in [4.78, 5) is 16.5. The van der Waals surface area contributed by atoms with Gasteiger partial charge in [-0.05, 0) is 48.5 Å². The molecule has 2 aromatic carbocycles. The molecular formula is C19H16ClN3O2. The zero-order valence-electron chi connectivity index (χ0n) is 13.5. The van der Waals surface area contributed by atoms with Crippen LogP contribution in [-0.4, -0.2) is 18.0 Å². The van der Waals surface area contributed by atoms with E-state index in [-0.39, 0.29) is 5.91 Å². The van der Waals surface area contributed by atoms with Crippen LogP contribution in [0.1, 0.15) is 10.4 Å². The number of rotatable bonds is 5. The van der Waals surface area contributed by atoms with Crippen LogP contribution in [0.2, 0.25) is 5.02 Å². The third-order valence-corrected chi connectivity index (χ3v) is 3.84. The predicted octanol–water partition coefficient (Wildman–Crippen LogP) is 4.74. The largest absolute Gasteiger partial charge is 0.497 e. The molecule has 1 amide bonds. The van der Waals surface area contributed by atoms with E-state index in [1.807, 2.05) is 24.3 Å². The monoisotopic (exact) mass is 353 g/mol. The molecule has 0 saturated carbocycles. The number of pyridine rings is 1. The molecule has 0 radical (unpaired) electrons. The molecule has 126 valence electrons. The molecule has 25 heavy (non-hydrogen) atoms. The highest BCUT2D eigenvalue weighted by Crippen LogP contribution is 2.24. The van der Waals surface area contributed by atoms with Gasteiger partial charge in [-0.15, -0.1) is 0 Å². The van der Waals surface area contributed by atoms with Crippen LogP contribution in [0.5, 0.6) is 5.75 Å². The van der Waals surface area contributed by atoms with Gasteiger partial charge < -0.3 is 15.4 Å². The molecule has 1 aromatic heterocycles. The molecule has 6 heteroatoms. The summed E-state index contributed by atoms with van der Waals surface area (Å²) in [7, 11) is 1.58. The fourth-order valence-corrected chi connectivity index (χ4v) is 2.37. The second kappa shape index (κ2) is 7.68. The minimum absolute atomic E-state index is 0.234. The standard InChI is InChI=1S/C19H16ClN3O2/c1-25-15-9-6-13(7-10-15)19(24)23-18-11-8-14(12-21-18)22-17-5-3-2-4-16(17)20/h2-12,22H,1H3,(H,21,23,24). The third kappa shape index (κ3) is 4.28. The molecule has 3 aromatic rings. The normalized spacial score (nSPS) is 10.2. The molecule has 2 N–H and O–H groups in total. The number of nitrogens with one attached hydrogen (secondary N) is 2. The maximum Gasteiger partial charge on any atom is 0.256 e. The van der Waals surface area contributed by atoms with Crippen LogP contribution >= 0.6 is 11.6 Å². The number of halogens is 1. The van der Waals surface area contributed by atoms with E-state index in [2.05, 4.69) is 15.6 Å². The van der Waals surface area contributed by atoms with E-state index in [9.17, 15) is 4.79 Å². The number of methoxy groups -OCH3 is 1. The molecule has 0 fully saturated rings. The van der Waals surface area contributed by atoms with Crippen molar-refractivity contribution in [2.75, 3.05) is 17.7 Å². The van der Waals surface area contributed by atoms with Crippen LogP contribution in [0.3, 0.4) is 0 Å². The Hall–Kier alpha value is -3.05. The van der Waals surface area contributed by atoms with Crippen molar-refractivity contribution in [2.24, 2.45) is 0 Å². The van der Waals surface area contributed by atoms with Crippen molar-refractivity contribution in [2.45, 2.75) is 0 Å². The van der Waals surface area contributed by atoms with E-state index in [1.54, 1.807) is 49.7 Å². The van der Waals surface area contributed by atoms with Crippen molar-refractivity contribution in [1.29, 1.82) is 0 Å². The van der Waals surface area contributed by atoms with Gasteiger partial charge in [-0.3, -0.25) is 4.79 Å². The average Bonchev–Trinajstić information content (AvgIpc) is 2.65. The third-order valence-electron chi connectivity index (χ3n) is 3.51. The number of amides is 1. The zero-order chi connectivity index (χ0) is 17.6. The Morgan fingerprint density at radius 3 is 2.44 bits per heavy atom. The van der Waals surface area contributed by atoms with E-state index >= 15 is 0 Å². The highest BCUT2D eigenvalue weighted by Gasteiger charge is 2.07. The van der Waals surface area contributed by atoms with Gasteiger partial charge >= 0.3 is 0 Å². The number of benzene rings is 2. The van der Waals surface area contributed by atoms with E-state index < -0.39 is 0 Å². The van der Waals surface area contributed by atoms with Gasteiger partial charge in [-0.1, -0.05) is 23.7 Å². The summed E-state index contributed by atoms with van der Waals surface area (Å²) in [5.74, 6) is 0.928. The Labute approximate surface area is 150 Å². The lowest BCUT2D eigenvalue weighted by molar-refractivity contribution is 0.102. The fraction of sp³-hybridized carbons (Fsp3) is 0.0526. The average molecular weight is 354 g/mol. The Morgan fingerprint density at radius 1 is 1.04 bits per heavy atom. The Balaban J connectivity index is 1.65. The number of nitrogens with zero attached hydrogens (tertiary/aromatic N) is 1. The van der Waals surface area contributed by atoms with E-state index in [0.29, 0.717) is 22.2 Å². The first-order valence-corrected chi connectivity index (χ1v) is 7.96. The summed E-state index contributed by atoms with van der Waals surface area (Å²) >= 11 is 6.11. The van der Waals surface area contributed by atoms with Crippen molar-refractivity contribution in [3.63, 3.8) is 0 Å². The SMILES string of the molecule is COc1ccc(C(=O)Nc2ccc(Nc3ccccc3Cl)cn2)cc1. The van der Waals surface area contributed by atoms with Crippen molar-refractivity contribution < 1.29 is 9.53 Å². The molecule has 0 saturated heterocycles. The Morgan fingerprint density at radius 2 is 1.80 bits per heavy atom. The van der Waals surface area contributed by atoms with Crippen LogP contribution in [0, 0.1) is 0 Å². The second-order valence-corrected chi connectivity index (χ2v) is 5.63. The minimum Gasteiger partial charge on any atom is -0.497 e. The molecule has 3 rings (SSSR count). The molecule has 1 heterocycles. The number of hydrogen-bond acceptors (Lipinski definition) is 4. The van der Waals surface area contributed by atoms with Crippen LogP contribution in [0.25, 0.3) is 0 Å². The number of ether oxygens (including phenoxy) is 1. The predicted molar refractivity (Wildman–Crippen MR) is 99.9 cm³/mol. The maximum atomic E-state index is 12.2. The number of carbonyl (C=O) groups is 1. The number of aromatic nitrogens is 1. The Bertz CT molecular complexity index is 865. The minimum atomic E-state index is -0.234. The molecule has 0 unspecified atom stereocenters. The van der Waals surface area contributed by atoms with Crippen molar-refractivity contribution in [3.8, 4) is 5.75 Å². The topological polar surface area (TPSA) is 63.2 Å². The summed E-state index contributed by atoms with van der Waals surface area (Å²) < 4.78 is 5.08. The molecule has 0 aliphatic rings. The molecule has 5 nitrogen and oxygen atoms in total. The van der Waals surface area contributed by atoms with Gasteiger partial charge in [-0.25, -0.2) is 4.98 Å². The first-order valence-electron chi connectivity index (χ1n) is 7.59. The molecule has 0 spiro atoms. The first kappa shape index (κ1) is 16.8. The van der Waals surface area contributed by atoms with Crippen LogP contribution < -0.4 is 15.4 Å². The second-order valence-electron chi connectivity index (χ2n) is 5.22. The summed E-state index contributed by atoms with van der Waals surface area (Å²) in [6, 6.07) is 17.8. The summed E-state index contributed by atoms with van der Waals surface area (Å²) in [6.07, 6.45) is 1.63. The van der Waals surface area contributed by atoms with Gasteiger partial charge in [0.25, 0.3) is 5.91 Å². The quantitative estimate of drug-likeness (QED) is 0.695. The first-order chi connectivity index (χ1) is 12.2. The molecule has 0 aliphatic carbocycles. The lowest BCUT2D eigenvalue weighted by Gasteiger charge is -2.09. The van der Waals surface area contributed by atoms with Crippen LogP contribution in [0.4, 0.5) is 17.2 Å². The van der Waals surface area contributed by atoms with E-state index in [1.165, 1.54) is 0 Å². The van der Waals surface area contributed by atoms with E-state index in [4.69, 9.17) is 16.3 Å². The summed E-state index contributed by atoms with van der Waals surface area (Å²) in [5, 5.41) is 6.55. The maximum absolute atomic E-state index is 12.2. The van der Waals surface area contributed by atoms with Crippen molar-refractivity contribution >= 4 is 34.7 Å². The van der Waals surface area contributed by atoms with Crippen molar-refractivity contribution in [1.82, 2.24) is 4.98 Å². The zero-order valence-corrected chi connectivity index (χ0v) is 14.2. The van der Waals surface area contributed by atoms with Crippen LogP contribution in [-0.2, 0) is 0 Å². The smallest absolute Gasteiger partial charge is 0.256 e. The van der Waals surface area contributed by atoms with Gasteiger partial charge in [0.15, 0.2) is 0 Å². The lowest BCUT2D eigenvalue weighted by Crippen LogP contribution is -2.12. The lowest BCUT2D eigenvalue weighted by atomic mass is 10.2. The summed E-state index contributed by atoms with van der Waals surface area (Å²) in [6.45, 7) is 0. The number of hydrogen-bond donors (Lipinski definition) is 2. The highest BCUT2D eigenvalue weighted by molar-refractivity contribution is 6.33. The van der Waals surface area contributed by atoms with Gasteiger partial charge in [0.05, 0.1) is 29.7 Å². The molecule has 0 bridgehead atoms. The molecule has 0 aliphatic heterocycles. The van der Waals surface area contributed by atoms with Gasteiger partial charge in [0.1, 0.15) is 11.6 Å². The number of carbonyl (C=O) groups excluding carboxylic acids is 1. The number of para-hydroxylation sites is 1.